The quantitative estimate of drug-likeness (QED) is 0.802. The predicted octanol–water partition coefficient (Wildman–Crippen LogP) is 1.14. The van der Waals surface area contributed by atoms with Crippen molar-refractivity contribution in [3.05, 3.63) is 0 Å². The second-order valence-electron chi connectivity index (χ2n) is 6.85. The van der Waals surface area contributed by atoms with Crippen LogP contribution in [0.3, 0.4) is 0 Å². The van der Waals surface area contributed by atoms with Gasteiger partial charge in [0.2, 0.25) is 5.91 Å². The van der Waals surface area contributed by atoms with Gasteiger partial charge in [-0.2, -0.15) is 0 Å². The number of amides is 1. The predicted molar refractivity (Wildman–Crippen MR) is 73.7 cm³/mol. The van der Waals surface area contributed by atoms with Crippen LogP contribution in [0.15, 0.2) is 0 Å². The zero-order chi connectivity index (χ0) is 13.5. The van der Waals surface area contributed by atoms with Crippen molar-refractivity contribution in [2.45, 2.75) is 51.0 Å². The molecule has 0 aromatic carbocycles. The Kier molecular flexibility index (Phi) is 3.34. The van der Waals surface area contributed by atoms with Crippen LogP contribution in [0.4, 0.5) is 0 Å². The van der Waals surface area contributed by atoms with Gasteiger partial charge in [0.1, 0.15) is 5.60 Å². The minimum Gasteiger partial charge on any atom is -0.386 e. The van der Waals surface area contributed by atoms with Crippen molar-refractivity contribution < 1.29 is 9.90 Å². The van der Waals surface area contributed by atoms with Gasteiger partial charge in [0, 0.05) is 6.54 Å². The van der Waals surface area contributed by atoms with E-state index in [1.807, 2.05) is 4.90 Å². The van der Waals surface area contributed by atoms with Gasteiger partial charge >= 0.3 is 0 Å². The molecule has 1 unspecified atom stereocenters. The van der Waals surface area contributed by atoms with Crippen LogP contribution in [-0.4, -0.2) is 47.7 Å². The molecule has 2 aliphatic heterocycles. The molecule has 3 aliphatic rings. The normalized spacial score (nSPS) is 33.9. The summed E-state index contributed by atoms with van der Waals surface area (Å²) in [6.07, 6.45) is 6.39. The Hall–Kier alpha value is -0.610. The van der Waals surface area contributed by atoms with Crippen molar-refractivity contribution in [1.82, 2.24) is 10.2 Å². The maximum atomic E-state index is 12.8. The van der Waals surface area contributed by atoms with Crippen LogP contribution >= 0.6 is 0 Å². The fourth-order valence-corrected chi connectivity index (χ4v) is 3.92. The summed E-state index contributed by atoms with van der Waals surface area (Å²) < 4.78 is 0. The molecule has 0 aromatic rings. The number of hydrogen-bond acceptors (Lipinski definition) is 3. The summed E-state index contributed by atoms with van der Waals surface area (Å²) in [7, 11) is 0. The molecule has 0 spiro atoms. The molecular formula is C15H26N2O2. The highest BCUT2D eigenvalue weighted by molar-refractivity contribution is 5.84. The summed E-state index contributed by atoms with van der Waals surface area (Å²) >= 11 is 0. The van der Waals surface area contributed by atoms with Gasteiger partial charge < -0.3 is 15.3 Å². The lowest BCUT2D eigenvalue weighted by Gasteiger charge is -2.51. The van der Waals surface area contributed by atoms with E-state index in [1.165, 1.54) is 0 Å². The van der Waals surface area contributed by atoms with Crippen molar-refractivity contribution >= 4 is 5.91 Å². The number of likely N-dealkylation sites (tertiary alicyclic amines) is 1. The molecule has 1 atom stereocenters. The Labute approximate surface area is 115 Å². The minimum atomic E-state index is -0.550. The van der Waals surface area contributed by atoms with E-state index < -0.39 is 5.60 Å². The first-order valence-electron chi connectivity index (χ1n) is 7.82. The van der Waals surface area contributed by atoms with Crippen LogP contribution in [0.25, 0.3) is 0 Å². The average molecular weight is 266 g/mol. The summed E-state index contributed by atoms with van der Waals surface area (Å²) in [6.45, 7) is 5.15. The Morgan fingerprint density at radius 3 is 2.68 bits per heavy atom. The highest BCUT2D eigenvalue weighted by Gasteiger charge is 2.55. The molecule has 4 nitrogen and oxygen atoms in total. The van der Waals surface area contributed by atoms with E-state index in [1.54, 1.807) is 0 Å². The van der Waals surface area contributed by atoms with Gasteiger partial charge in [-0.05, 0) is 44.6 Å². The topological polar surface area (TPSA) is 52.6 Å². The Morgan fingerprint density at radius 2 is 2.16 bits per heavy atom. The second-order valence-corrected chi connectivity index (χ2v) is 6.85. The van der Waals surface area contributed by atoms with Gasteiger partial charge in [0.15, 0.2) is 0 Å². The number of hydrogen-bond donors (Lipinski definition) is 2. The Balaban J connectivity index is 1.64. The highest BCUT2D eigenvalue weighted by Crippen LogP contribution is 2.46. The Bertz CT molecular complexity index is 348. The molecule has 4 heteroatoms. The van der Waals surface area contributed by atoms with Gasteiger partial charge in [0.05, 0.1) is 18.5 Å². The number of carbonyl (C=O) groups excluding carboxylic acids is 1. The van der Waals surface area contributed by atoms with E-state index >= 15 is 0 Å². The number of carbonyl (C=O) groups is 1. The van der Waals surface area contributed by atoms with Gasteiger partial charge in [-0.3, -0.25) is 4.79 Å². The van der Waals surface area contributed by atoms with Gasteiger partial charge in [0.25, 0.3) is 0 Å². The van der Waals surface area contributed by atoms with E-state index in [0.29, 0.717) is 19.0 Å². The van der Waals surface area contributed by atoms with Crippen LogP contribution in [-0.2, 0) is 4.79 Å². The van der Waals surface area contributed by atoms with Crippen molar-refractivity contribution in [1.29, 1.82) is 0 Å². The molecule has 1 amide bonds. The molecule has 3 fully saturated rings. The lowest BCUT2D eigenvalue weighted by atomic mass is 9.74. The lowest BCUT2D eigenvalue weighted by Crippen LogP contribution is -2.68. The monoisotopic (exact) mass is 266 g/mol. The minimum absolute atomic E-state index is 0.197. The number of nitrogens with zero attached hydrogens (tertiary/aromatic N) is 1. The summed E-state index contributed by atoms with van der Waals surface area (Å²) in [5.74, 6) is 0.745. The molecule has 1 aliphatic carbocycles. The smallest absolute Gasteiger partial charge is 0.230 e. The zero-order valence-corrected chi connectivity index (χ0v) is 12.0. The van der Waals surface area contributed by atoms with E-state index in [9.17, 15) is 9.90 Å². The van der Waals surface area contributed by atoms with E-state index in [2.05, 4.69) is 12.2 Å². The first kappa shape index (κ1) is 13.4. The maximum Gasteiger partial charge on any atom is 0.230 e. The fourth-order valence-electron chi connectivity index (χ4n) is 3.92. The molecular weight excluding hydrogens is 240 g/mol. The first-order valence-corrected chi connectivity index (χ1v) is 7.82. The SMILES string of the molecule is CCCC1(C(=O)N2CC(O)(C3CC3)C2)CCCNC1. The molecule has 0 aromatic heterocycles. The number of β-amino-alcohol motifs (C(OH)–C–C–N with tert-alkyl or cyclic N) is 1. The van der Waals surface area contributed by atoms with E-state index in [4.69, 9.17) is 0 Å². The van der Waals surface area contributed by atoms with Crippen molar-refractivity contribution in [2.24, 2.45) is 11.3 Å². The van der Waals surface area contributed by atoms with Gasteiger partial charge in [-0.15, -0.1) is 0 Å². The number of aliphatic hydroxyl groups is 1. The maximum absolute atomic E-state index is 12.8. The van der Waals surface area contributed by atoms with Crippen LogP contribution in [0.1, 0.15) is 45.4 Å². The third-order valence-corrected chi connectivity index (χ3v) is 5.21. The summed E-state index contributed by atoms with van der Waals surface area (Å²) in [5.41, 5.74) is -0.747. The van der Waals surface area contributed by atoms with Crippen LogP contribution in [0.2, 0.25) is 0 Å². The molecule has 3 rings (SSSR count). The molecule has 0 radical (unpaired) electrons. The summed E-state index contributed by atoms with van der Waals surface area (Å²) in [6, 6.07) is 0. The average Bonchev–Trinajstić information content (AvgIpc) is 3.20. The second kappa shape index (κ2) is 4.74. The molecule has 1 saturated carbocycles. The third-order valence-electron chi connectivity index (χ3n) is 5.21. The molecule has 108 valence electrons. The standard InChI is InChI=1S/C15H26N2O2/c1-2-6-14(7-3-8-16-9-14)13(18)17-10-15(19,11-17)12-4-5-12/h12,16,19H,2-11H2,1H3. The third kappa shape index (κ3) is 2.29. The molecule has 2 heterocycles. The number of rotatable bonds is 4. The van der Waals surface area contributed by atoms with Crippen LogP contribution < -0.4 is 5.32 Å². The first-order chi connectivity index (χ1) is 9.10. The van der Waals surface area contributed by atoms with Crippen molar-refractivity contribution in [3.63, 3.8) is 0 Å². The lowest BCUT2D eigenvalue weighted by molar-refractivity contribution is -0.171. The van der Waals surface area contributed by atoms with Crippen LogP contribution in [0, 0.1) is 11.3 Å². The molecule has 19 heavy (non-hydrogen) atoms. The van der Waals surface area contributed by atoms with Crippen molar-refractivity contribution in [2.75, 3.05) is 26.2 Å². The van der Waals surface area contributed by atoms with Gasteiger partial charge in [-0.25, -0.2) is 0 Å². The van der Waals surface area contributed by atoms with E-state index in [-0.39, 0.29) is 11.3 Å². The molecule has 0 bridgehead atoms. The highest BCUT2D eigenvalue weighted by atomic mass is 16.3. The van der Waals surface area contributed by atoms with E-state index in [0.717, 1.165) is 51.6 Å². The number of nitrogens with one attached hydrogen (secondary N) is 1. The van der Waals surface area contributed by atoms with Crippen LogP contribution in [0.5, 0.6) is 0 Å². The molecule has 2 saturated heterocycles. The summed E-state index contributed by atoms with van der Waals surface area (Å²) in [5, 5.41) is 13.8. The van der Waals surface area contributed by atoms with Gasteiger partial charge in [-0.1, -0.05) is 13.3 Å². The Morgan fingerprint density at radius 1 is 1.42 bits per heavy atom. The number of piperidine rings is 1. The van der Waals surface area contributed by atoms with Crippen molar-refractivity contribution in [3.8, 4) is 0 Å². The largest absolute Gasteiger partial charge is 0.386 e. The molecule has 2 N–H and O–H groups in total. The summed E-state index contributed by atoms with van der Waals surface area (Å²) in [4.78, 5) is 14.7. The fraction of sp³-hybridized carbons (Fsp3) is 0.933. The zero-order valence-electron chi connectivity index (χ0n) is 12.0.